The standard InChI is InChI=1S/C16H27NO2S/c1-13(17-14(2)12-20(5,18)19)11-16(3,4)15-9-7-6-8-10-15/h6-10,13-14,17H,11-12H2,1-5H3. The second-order valence-electron chi connectivity index (χ2n) is 6.52. The fourth-order valence-electron chi connectivity index (χ4n) is 2.82. The van der Waals surface area contributed by atoms with Gasteiger partial charge in [-0.2, -0.15) is 0 Å². The lowest BCUT2D eigenvalue weighted by Crippen LogP contribution is -2.41. The number of hydrogen-bond donors (Lipinski definition) is 1. The van der Waals surface area contributed by atoms with E-state index in [1.165, 1.54) is 11.8 Å². The van der Waals surface area contributed by atoms with Gasteiger partial charge < -0.3 is 5.32 Å². The molecule has 0 aliphatic carbocycles. The Labute approximate surface area is 123 Å². The molecule has 1 N–H and O–H groups in total. The highest BCUT2D eigenvalue weighted by Crippen LogP contribution is 2.28. The largest absolute Gasteiger partial charge is 0.311 e. The first kappa shape index (κ1) is 17.2. The van der Waals surface area contributed by atoms with E-state index in [4.69, 9.17) is 0 Å². The molecule has 2 atom stereocenters. The minimum atomic E-state index is -2.93. The van der Waals surface area contributed by atoms with E-state index in [9.17, 15) is 8.42 Å². The fraction of sp³-hybridized carbons (Fsp3) is 0.625. The minimum Gasteiger partial charge on any atom is -0.311 e. The molecule has 0 aromatic heterocycles. The lowest BCUT2D eigenvalue weighted by Gasteiger charge is -2.30. The summed E-state index contributed by atoms with van der Waals surface area (Å²) in [5.41, 5.74) is 1.38. The summed E-state index contributed by atoms with van der Waals surface area (Å²) in [4.78, 5) is 0. The first-order valence-corrected chi connectivity index (χ1v) is 9.15. The Morgan fingerprint density at radius 3 is 2.15 bits per heavy atom. The molecule has 20 heavy (non-hydrogen) atoms. The van der Waals surface area contributed by atoms with Crippen LogP contribution in [0.1, 0.15) is 39.7 Å². The summed E-state index contributed by atoms with van der Waals surface area (Å²) in [5.74, 6) is 0.184. The average molecular weight is 297 g/mol. The quantitative estimate of drug-likeness (QED) is 0.842. The van der Waals surface area contributed by atoms with E-state index in [0.717, 1.165) is 6.42 Å². The van der Waals surface area contributed by atoms with Crippen LogP contribution in [0.5, 0.6) is 0 Å². The summed E-state index contributed by atoms with van der Waals surface area (Å²) >= 11 is 0. The van der Waals surface area contributed by atoms with Gasteiger partial charge in [0.1, 0.15) is 9.84 Å². The maximum absolute atomic E-state index is 11.3. The summed E-state index contributed by atoms with van der Waals surface area (Å²) in [5, 5.41) is 3.38. The van der Waals surface area contributed by atoms with Crippen LogP contribution in [0, 0.1) is 0 Å². The first-order chi connectivity index (χ1) is 9.10. The Bertz CT molecular complexity index is 509. The van der Waals surface area contributed by atoms with Gasteiger partial charge in [0, 0.05) is 18.3 Å². The van der Waals surface area contributed by atoms with Crippen molar-refractivity contribution in [1.29, 1.82) is 0 Å². The Morgan fingerprint density at radius 2 is 1.65 bits per heavy atom. The van der Waals surface area contributed by atoms with E-state index in [0.29, 0.717) is 0 Å². The number of hydrogen-bond acceptors (Lipinski definition) is 3. The lowest BCUT2D eigenvalue weighted by molar-refractivity contribution is 0.371. The van der Waals surface area contributed by atoms with E-state index in [1.54, 1.807) is 0 Å². The average Bonchev–Trinajstić information content (AvgIpc) is 2.26. The number of sulfone groups is 1. The number of benzene rings is 1. The third kappa shape index (κ3) is 6.06. The molecule has 3 nitrogen and oxygen atoms in total. The molecule has 0 aliphatic heterocycles. The van der Waals surface area contributed by atoms with Crippen molar-refractivity contribution in [2.75, 3.05) is 12.0 Å². The van der Waals surface area contributed by atoms with Crippen LogP contribution in [0.25, 0.3) is 0 Å². The van der Waals surface area contributed by atoms with Gasteiger partial charge >= 0.3 is 0 Å². The van der Waals surface area contributed by atoms with E-state index in [-0.39, 0.29) is 23.3 Å². The third-order valence-electron chi connectivity index (χ3n) is 3.49. The molecule has 0 radical (unpaired) electrons. The van der Waals surface area contributed by atoms with Gasteiger partial charge in [0.05, 0.1) is 5.75 Å². The lowest BCUT2D eigenvalue weighted by atomic mass is 9.79. The zero-order valence-electron chi connectivity index (χ0n) is 13.2. The topological polar surface area (TPSA) is 46.2 Å². The molecule has 0 aliphatic rings. The highest BCUT2D eigenvalue weighted by molar-refractivity contribution is 7.90. The van der Waals surface area contributed by atoms with Crippen molar-refractivity contribution >= 4 is 9.84 Å². The van der Waals surface area contributed by atoms with Crippen molar-refractivity contribution in [3.8, 4) is 0 Å². The molecule has 0 amide bonds. The van der Waals surface area contributed by atoms with Gasteiger partial charge in [0.2, 0.25) is 0 Å². The Hall–Kier alpha value is -0.870. The van der Waals surface area contributed by atoms with Crippen LogP contribution in [-0.4, -0.2) is 32.5 Å². The fourth-order valence-corrected chi connectivity index (χ4v) is 3.82. The summed E-state index contributed by atoms with van der Waals surface area (Å²) < 4.78 is 22.6. The Kier molecular flexibility index (Phi) is 5.78. The molecule has 1 aromatic rings. The van der Waals surface area contributed by atoms with Crippen LogP contribution in [-0.2, 0) is 15.3 Å². The van der Waals surface area contributed by atoms with Gasteiger partial charge in [-0.3, -0.25) is 0 Å². The second kappa shape index (κ2) is 6.72. The normalized spacial score (nSPS) is 15.8. The van der Waals surface area contributed by atoms with Crippen molar-refractivity contribution in [2.45, 2.75) is 51.6 Å². The molecule has 2 unspecified atom stereocenters. The highest BCUT2D eigenvalue weighted by Gasteiger charge is 2.24. The van der Waals surface area contributed by atoms with Crippen LogP contribution in [0.2, 0.25) is 0 Å². The molecule has 0 fully saturated rings. The zero-order chi connectivity index (χ0) is 15.4. The predicted molar refractivity (Wildman–Crippen MR) is 85.9 cm³/mol. The molecule has 0 saturated heterocycles. The van der Waals surface area contributed by atoms with E-state index < -0.39 is 9.84 Å². The molecular weight excluding hydrogens is 270 g/mol. The summed E-state index contributed by atoms with van der Waals surface area (Å²) in [6, 6.07) is 10.7. The SMILES string of the molecule is CC(CC(C)(C)c1ccccc1)NC(C)CS(C)(=O)=O. The highest BCUT2D eigenvalue weighted by atomic mass is 32.2. The number of nitrogens with one attached hydrogen (secondary N) is 1. The van der Waals surface area contributed by atoms with Crippen LogP contribution >= 0.6 is 0 Å². The summed E-state index contributed by atoms with van der Waals surface area (Å²) in [6.45, 7) is 8.49. The van der Waals surface area contributed by atoms with E-state index in [2.05, 4.69) is 50.4 Å². The van der Waals surface area contributed by atoms with Gasteiger partial charge in [0.15, 0.2) is 0 Å². The first-order valence-electron chi connectivity index (χ1n) is 7.09. The monoisotopic (exact) mass is 297 g/mol. The van der Waals surface area contributed by atoms with E-state index >= 15 is 0 Å². The zero-order valence-corrected chi connectivity index (χ0v) is 14.0. The van der Waals surface area contributed by atoms with Crippen LogP contribution in [0.4, 0.5) is 0 Å². The van der Waals surface area contributed by atoms with Gasteiger partial charge in [-0.15, -0.1) is 0 Å². The van der Waals surface area contributed by atoms with Crippen molar-refractivity contribution in [2.24, 2.45) is 0 Å². The molecule has 0 bridgehead atoms. The molecule has 1 aromatic carbocycles. The van der Waals surface area contributed by atoms with Crippen LogP contribution in [0.15, 0.2) is 30.3 Å². The maximum Gasteiger partial charge on any atom is 0.148 e. The van der Waals surface area contributed by atoms with Crippen LogP contribution < -0.4 is 5.32 Å². The molecule has 0 saturated carbocycles. The van der Waals surface area contributed by atoms with Gasteiger partial charge in [-0.25, -0.2) is 8.42 Å². The van der Waals surface area contributed by atoms with Gasteiger partial charge in [-0.1, -0.05) is 44.2 Å². The molecule has 0 heterocycles. The van der Waals surface area contributed by atoms with E-state index in [1.807, 2.05) is 13.0 Å². The van der Waals surface area contributed by atoms with Crippen molar-refractivity contribution in [3.05, 3.63) is 35.9 Å². The Balaban J connectivity index is 2.59. The third-order valence-corrected chi connectivity index (χ3v) is 4.60. The smallest absolute Gasteiger partial charge is 0.148 e. The molecule has 114 valence electrons. The van der Waals surface area contributed by atoms with Crippen molar-refractivity contribution < 1.29 is 8.42 Å². The second-order valence-corrected chi connectivity index (χ2v) is 8.70. The Morgan fingerprint density at radius 1 is 1.10 bits per heavy atom. The van der Waals surface area contributed by atoms with Crippen molar-refractivity contribution in [3.63, 3.8) is 0 Å². The molecule has 1 rings (SSSR count). The minimum absolute atomic E-state index is 0.0217. The summed E-state index contributed by atoms with van der Waals surface area (Å²) in [7, 11) is -2.93. The molecule has 4 heteroatoms. The molecular formula is C16H27NO2S. The van der Waals surface area contributed by atoms with Gasteiger partial charge in [-0.05, 0) is 31.2 Å². The van der Waals surface area contributed by atoms with Gasteiger partial charge in [0.25, 0.3) is 0 Å². The van der Waals surface area contributed by atoms with Crippen LogP contribution in [0.3, 0.4) is 0 Å². The van der Waals surface area contributed by atoms with Crippen molar-refractivity contribution in [1.82, 2.24) is 5.32 Å². The predicted octanol–water partition coefficient (Wildman–Crippen LogP) is 2.77. The summed E-state index contributed by atoms with van der Waals surface area (Å²) in [6.07, 6.45) is 2.24. The molecule has 0 spiro atoms. The maximum atomic E-state index is 11.3. The number of rotatable bonds is 7.